The molecule has 1 aromatic heterocycles. The molecule has 156 valence electrons. The van der Waals surface area contributed by atoms with Gasteiger partial charge in [-0.25, -0.2) is 22.2 Å². The molecular weight excluding hydrogens is 460 g/mol. The SMILES string of the molecule is O=C(CSc1ccc(F)cc1F)Nc1ncc(S(=O)(=O)c2ccc([N+](=O)[O-])cc2)s1. The number of non-ortho nitro benzene ring substituents is 1. The first kappa shape index (κ1) is 21.8. The number of hydrogen-bond donors (Lipinski definition) is 1. The van der Waals surface area contributed by atoms with Crippen molar-refractivity contribution in [3.05, 3.63) is 70.4 Å². The quantitative estimate of drug-likeness (QED) is 0.315. The average molecular weight is 471 g/mol. The number of nitrogens with one attached hydrogen (secondary N) is 1. The van der Waals surface area contributed by atoms with Gasteiger partial charge in [-0.2, -0.15) is 0 Å². The molecule has 0 fully saturated rings. The highest BCUT2D eigenvalue weighted by Gasteiger charge is 2.22. The van der Waals surface area contributed by atoms with E-state index < -0.39 is 32.3 Å². The van der Waals surface area contributed by atoms with Crippen LogP contribution in [-0.2, 0) is 14.6 Å². The molecule has 8 nitrogen and oxygen atoms in total. The molecule has 0 saturated heterocycles. The first-order chi connectivity index (χ1) is 14.2. The smallest absolute Gasteiger partial charge is 0.269 e. The van der Waals surface area contributed by atoms with E-state index in [0.717, 1.165) is 48.3 Å². The van der Waals surface area contributed by atoms with Crippen LogP contribution >= 0.6 is 23.1 Å². The van der Waals surface area contributed by atoms with Crippen molar-refractivity contribution in [1.29, 1.82) is 0 Å². The van der Waals surface area contributed by atoms with Gasteiger partial charge in [-0.3, -0.25) is 14.9 Å². The summed E-state index contributed by atoms with van der Waals surface area (Å²) in [5, 5.41) is 13.1. The molecule has 0 aliphatic rings. The summed E-state index contributed by atoms with van der Waals surface area (Å²) in [5.74, 6) is -2.28. The zero-order chi connectivity index (χ0) is 21.9. The maximum Gasteiger partial charge on any atom is 0.269 e. The lowest BCUT2D eigenvalue weighted by atomic mass is 10.3. The number of amides is 1. The Morgan fingerprint density at radius 2 is 1.90 bits per heavy atom. The predicted octanol–water partition coefficient (Wildman–Crippen LogP) is 3.89. The van der Waals surface area contributed by atoms with Gasteiger partial charge in [0.2, 0.25) is 15.7 Å². The molecule has 0 atom stereocenters. The van der Waals surface area contributed by atoms with E-state index >= 15 is 0 Å². The van der Waals surface area contributed by atoms with Crippen molar-refractivity contribution in [3.8, 4) is 0 Å². The first-order valence-corrected chi connectivity index (χ1v) is 11.3. The van der Waals surface area contributed by atoms with Gasteiger partial charge in [0.05, 0.1) is 21.8 Å². The highest BCUT2D eigenvalue weighted by Crippen LogP contribution is 2.30. The molecule has 13 heteroatoms. The fourth-order valence-corrected chi connectivity index (χ4v) is 5.36. The third kappa shape index (κ3) is 4.98. The summed E-state index contributed by atoms with van der Waals surface area (Å²) in [6.45, 7) is 0. The summed E-state index contributed by atoms with van der Waals surface area (Å²) >= 11 is 1.55. The summed E-state index contributed by atoms with van der Waals surface area (Å²) in [5.41, 5.74) is -0.249. The van der Waals surface area contributed by atoms with Crippen LogP contribution in [0.2, 0.25) is 0 Å². The molecule has 0 bridgehead atoms. The molecule has 0 aliphatic heterocycles. The summed E-state index contributed by atoms with van der Waals surface area (Å²) in [6.07, 6.45) is 1.06. The van der Waals surface area contributed by atoms with E-state index in [1.54, 1.807) is 0 Å². The van der Waals surface area contributed by atoms with Gasteiger partial charge in [0, 0.05) is 23.1 Å². The Morgan fingerprint density at radius 1 is 1.20 bits per heavy atom. The molecule has 1 amide bonds. The number of benzene rings is 2. The number of carbonyl (C=O) groups is 1. The second kappa shape index (κ2) is 8.85. The van der Waals surface area contributed by atoms with E-state index in [4.69, 9.17) is 0 Å². The Kier molecular flexibility index (Phi) is 6.43. The van der Waals surface area contributed by atoms with Crippen LogP contribution in [0.3, 0.4) is 0 Å². The van der Waals surface area contributed by atoms with Crippen LogP contribution in [0.1, 0.15) is 0 Å². The maximum absolute atomic E-state index is 13.6. The molecule has 0 aliphatic carbocycles. The number of thiazole rings is 1. The number of nitro benzene ring substituents is 1. The van der Waals surface area contributed by atoms with Crippen molar-refractivity contribution in [1.82, 2.24) is 4.98 Å². The molecule has 0 saturated carbocycles. The third-order valence-electron chi connectivity index (χ3n) is 3.61. The Hall–Kier alpha value is -2.90. The van der Waals surface area contributed by atoms with Gasteiger partial charge in [0.15, 0.2) is 5.13 Å². The maximum atomic E-state index is 13.6. The Bertz CT molecular complexity index is 1210. The fraction of sp³-hybridized carbons (Fsp3) is 0.0588. The number of nitro groups is 1. The highest BCUT2D eigenvalue weighted by molar-refractivity contribution is 8.00. The van der Waals surface area contributed by atoms with Crippen LogP contribution in [0, 0.1) is 21.7 Å². The van der Waals surface area contributed by atoms with Gasteiger partial charge in [-0.05, 0) is 24.3 Å². The Morgan fingerprint density at radius 3 is 2.53 bits per heavy atom. The minimum atomic E-state index is -3.97. The number of sulfone groups is 1. The Balaban J connectivity index is 1.66. The topological polar surface area (TPSA) is 119 Å². The molecule has 2 aromatic carbocycles. The summed E-state index contributed by atoms with van der Waals surface area (Å²) < 4.78 is 51.5. The fourth-order valence-electron chi connectivity index (χ4n) is 2.20. The number of aromatic nitrogens is 1. The van der Waals surface area contributed by atoms with Crippen molar-refractivity contribution < 1.29 is 26.9 Å². The van der Waals surface area contributed by atoms with Crippen LogP contribution < -0.4 is 5.32 Å². The third-order valence-corrected chi connectivity index (χ3v) is 7.80. The number of halogens is 2. The van der Waals surface area contributed by atoms with Crippen molar-refractivity contribution in [3.63, 3.8) is 0 Å². The molecular formula is C17H11F2N3O5S3. The highest BCUT2D eigenvalue weighted by atomic mass is 32.2. The normalized spacial score (nSPS) is 11.3. The lowest BCUT2D eigenvalue weighted by Crippen LogP contribution is -2.13. The van der Waals surface area contributed by atoms with Gasteiger partial charge in [0.1, 0.15) is 15.8 Å². The second-order valence-corrected chi connectivity index (χ2v) is 9.87. The van der Waals surface area contributed by atoms with E-state index in [1.807, 2.05) is 0 Å². The van der Waals surface area contributed by atoms with Crippen molar-refractivity contribution in [2.75, 3.05) is 11.1 Å². The van der Waals surface area contributed by atoms with Gasteiger partial charge in [0.25, 0.3) is 5.69 Å². The van der Waals surface area contributed by atoms with E-state index in [9.17, 15) is 32.1 Å². The van der Waals surface area contributed by atoms with Crippen molar-refractivity contribution in [2.45, 2.75) is 14.0 Å². The summed E-state index contributed by atoms with van der Waals surface area (Å²) in [7, 11) is -3.97. The molecule has 30 heavy (non-hydrogen) atoms. The van der Waals surface area contributed by atoms with Gasteiger partial charge in [-0.15, -0.1) is 11.8 Å². The van der Waals surface area contributed by atoms with Gasteiger partial charge in [-0.1, -0.05) is 11.3 Å². The lowest BCUT2D eigenvalue weighted by Gasteiger charge is -2.03. The van der Waals surface area contributed by atoms with Gasteiger partial charge < -0.3 is 5.32 Å². The van der Waals surface area contributed by atoms with E-state index in [0.29, 0.717) is 17.4 Å². The lowest BCUT2D eigenvalue weighted by molar-refractivity contribution is -0.384. The number of thioether (sulfide) groups is 1. The van der Waals surface area contributed by atoms with Crippen molar-refractivity contribution in [2.24, 2.45) is 0 Å². The second-order valence-electron chi connectivity index (χ2n) is 5.65. The molecule has 1 N–H and O–H groups in total. The number of nitrogens with zero attached hydrogens (tertiary/aromatic N) is 2. The molecule has 0 unspecified atom stereocenters. The number of hydrogen-bond acceptors (Lipinski definition) is 8. The minimum Gasteiger partial charge on any atom is -0.301 e. The zero-order valence-corrected chi connectivity index (χ0v) is 17.2. The number of rotatable bonds is 7. The monoisotopic (exact) mass is 471 g/mol. The van der Waals surface area contributed by atoms with Crippen LogP contribution in [-0.4, -0.2) is 30.0 Å². The molecule has 3 aromatic rings. The standard InChI is InChI=1S/C17H11F2N3O5S3/c18-10-1-6-14(13(19)7-10)28-9-15(23)21-17-20-8-16(29-17)30(26,27)12-4-2-11(3-5-12)22(24)25/h1-8H,9H2,(H,20,21,23). The average Bonchev–Trinajstić information content (AvgIpc) is 3.16. The number of anilines is 1. The van der Waals surface area contributed by atoms with Crippen LogP contribution in [0.25, 0.3) is 0 Å². The largest absolute Gasteiger partial charge is 0.301 e. The van der Waals surface area contributed by atoms with Crippen LogP contribution in [0.15, 0.2) is 62.7 Å². The van der Waals surface area contributed by atoms with Crippen molar-refractivity contribution >= 4 is 49.7 Å². The minimum absolute atomic E-state index is 0.0145. The van der Waals surface area contributed by atoms with Crippen LogP contribution in [0.5, 0.6) is 0 Å². The van der Waals surface area contributed by atoms with E-state index in [2.05, 4.69) is 10.3 Å². The molecule has 1 heterocycles. The predicted molar refractivity (Wildman–Crippen MR) is 106 cm³/mol. The first-order valence-electron chi connectivity index (χ1n) is 8.00. The Labute approximate surface area is 177 Å². The molecule has 0 spiro atoms. The van der Waals surface area contributed by atoms with Gasteiger partial charge >= 0.3 is 0 Å². The zero-order valence-electron chi connectivity index (χ0n) is 14.7. The molecule has 3 rings (SSSR count). The van der Waals surface area contributed by atoms with E-state index in [1.165, 1.54) is 6.07 Å². The summed E-state index contributed by atoms with van der Waals surface area (Å²) in [6, 6.07) is 7.35. The van der Waals surface area contributed by atoms with Crippen LogP contribution in [0.4, 0.5) is 19.6 Å². The molecule has 0 radical (unpaired) electrons. The summed E-state index contributed by atoms with van der Waals surface area (Å²) in [4.78, 5) is 25.8. The number of carbonyl (C=O) groups excluding carboxylic acids is 1. The van der Waals surface area contributed by atoms with E-state index in [-0.39, 0.29) is 30.6 Å².